The van der Waals surface area contributed by atoms with Crippen LogP contribution >= 0.6 is 11.6 Å². The number of fused-ring (bicyclic) bond motifs is 1. The summed E-state index contributed by atoms with van der Waals surface area (Å²) in [5.41, 5.74) is 3.91. The Kier molecular flexibility index (Phi) is 4.34. The molecule has 7 nitrogen and oxygen atoms in total. The molecule has 0 aliphatic carbocycles. The molecular formula is C21H13ClN6O. The first kappa shape index (κ1) is 17.3. The molecule has 0 saturated heterocycles. The van der Waals surface area contributed by atoms with E-state index < -0.39 is 0 Å². The largest absolute Gasteiger partial charge is 0.353 e. The SMILES string of the molecule is Clc1cccc(Nc2nccc(-c3ccc4noc(-c5ccncn5)c4c3)n2)c1. The van der Waals surface area contributed by atoms with Crippen molar-refractivity contribution in [2.24, 2.45) is 0 Å². The molecule has 0 aliphatic rings. The summed E-state index contributed by atoms with van der Waals surface area (Å²) in [5, 5.41) is 8.78. The third kappa shape index (κ3) is 3.51. The lowest BCUT2D eigenvalue weighted by molar-refractivity contribution is 0.439. The first-order valence-electron chi connectivity index (χ1n) is 8.78. The summed E-state index contributed by atoms with van der Waals surface area (Å²) < 4.78 is 5.51. The fourth-order valence-electron chi connectivity index (χ4n) is 2.99. The third-order valence-electron chi connectivity index (χ3n) is 4.32. The molecule has 0 fully saturated rings. The van der Waals surface area contributed by atoms with Crippen molar-refractivity contribution in [3.8, 4) is 22.7 Å². The van der Waals surface area contributed by atoms with Gasteiger partial charge in [0.1, 0.15) is 17.5 Å². The van der Waals surface area contributed by atoms with Gasteiger partial charge in [-0.2, -0.15) is 0 Å². The molecule has 3 heterocycles. The van der Waals surface area contributed by atoms with Crippen molar-refractivity contribution < 1.29 is 4.52 Å². The van der Waals surface area contributed by atoms with Gasteiger partial charge in [-0.15, -0.1) is 0 Å². The Morgan fingerprint density at radius 1 is 0.897 bits per heavy atom. The number of hydrogen-bond donors (Lipinski definition) is 1. The number of anilines is 2. The zero-order valence-electron chi connectivity index (χ0n) is 15.0. The second-order valence-electron chi connectivity index (χ2n) is 6.24. The maximum absolute atomic E-state index is 6.04. The van der Waals surface area contributed by atoms with E-state index in [0.29, 0.717) is 22.4 Å². The summed E-state index contributed by atoms with van der Waals surface area (Å²) in [4.78, 5) is 17.1. The monoisotopic (exact) mass is 400 g/mol. The highest BCUT2D eigenvalue weighted by molar-refractivity contribution is 6.30. The second kappa shape index (κ2) is 7.29. The zero-order valence-corrected chi connectivity index (χ0v) is 15.7. The average Bonchev–Trinajstić information content (AvgIpc) is 3.18. The van der Waals surface area contributed by atoms with Crippen molar-refractivity contribution in [2.45, 2.75) is 0 Å². The van der Waals surface area contributed by atoms with Gasteiger partial charge >= 0.3 is 0 Å². The molecule has 0 atom stereocenters. The molecule has 0 amide bonds. The minimum absolute atomic E-state index is 0.478. The van der Waals surface area contributed by atoms with Crippen molar-refractivity contribution in [3.63, 3.8) is 0 Å². The Balaban J connectivity index is 1.52. The molecule has 0 aliphatic heterocycles. The molecule has 3 aromatic heterocycles. The van der Waals surface area contributed by atoms with Crippen molar-refractivity contribution in [1.82, 2.24) is 25.1 Å². The van der Waals surface area contributed by atoms with Crippen molar-refractivity contribution in [1.29, 1.82) is 0 Å². The van der Waals surface area contributed by atoms with Crippen molar-refractivity contribution >= 4 is 34.1 Å². The van der Waals surface area contributed by atoms with Crippen LogP contribution in [-0.2, 0) is 0 Å². The smallest absolute Gasteiger partial charge is 0.227 e. The minimum atomic E-state index is 0.478. The van der Waals surface area contributed by atoms with Gasteiger partial charge in [-0.1, -0.05) is 28.9 Å². The molecule has 8 heteroatoms. The van der Waals surface area contributed by atoms with Crippen LogP contribution in [0.15, 0.2) is 77.8 Å². The van der Waals surface area contributed by atoms with Crippen molar-refractivity contribution in [3.05, 3.63) is 78.3 Å². The van der Waals surface area contributed by atoms with Crippen LogP contribution in [0.25, 0.3) is 33.6 Å². The highest BCUT2D eigenvalue weighted by Gasteiger charge is 2.13. The number of rotatable bonds is 4. The normalized spacial score (nSPS) is 10.9. The molecular weight excluding hydrogens is 388 g/mol. The zero-order chi connectivity index (χ0) is 19.6. The minimum Gasteiger partial charge on any atom is -0.353 e. The average molecular weight is 401 g/mol. The molecule has 5 aromatic rings. The molecule has 0 spiro atoms. The van der Waals surface area contributed by atoms with Gasteiger partial charge in [0.25, 0.3) is 0 Å². The van der Waals surface area contributed by atoms with Gasteiger partial charge < -0.3 is 9.84 Å². The lowest BCUT2D eigenvalue weighted by Crippen LogP contribution is -1.97. The van der Waals surface area contributed by atoms with Crippen molar-refractivity contribution in [2.75, 3.05) is 5.32 Å². The van der Waals surface area contributed by atoms with Crippen LogP contribution in [0.3, 0.4) is 0 Å². The standard InChI is InChI=1S/C21H13ClN6O/c22-14-2-1-3-15(11-14)26-21-24-9-7-17(27-21)13-4-5-18-16(10-13)20(29-28-18)19-6-8-23-12-25-19/h1-12H,(H,24,26,27). The van der Waals surface area contributed by atoms with Gasteiger partial charge in [0.2, 0.25) is 5.95 Å². The summed E-state index contributed by atoms with van der Waals surface area (Å²) in [7, 11) is 0. The van der Waals surface area contributed by atoms with E-state index in [9.17, 15) is 0 Å². The summed E-state index contributed by atoms with van der Waals surface area (Å²) in [6.07, 6.45) is 4.85. The maximum Gasteiger partial charge on any atom is 0.227 e. The predicted molar refractivity (Wildman–Crippen MR) is 111 cm³/mol. The molecule has 29 heavy (non-hydrogen) atoms. The molecule has 0 bridgehead atoms. The highest BCUT2D eigenvalue weighted by Crippen LogP contribution is 2.31. The lowest BCUT2D eigenvalue weighted by Gasteiger charge is -2.07. The Morgan fingerprint density at radius 3 is 2.69 bits per heavy atom. The number of nitrogens with zero attached hydrogens (tertiary/aromatic N) is 5. The fourth-order valence-corrected chi connectivity index (χ4v) is 3.18. The summed E-state index contributed by atoms with van der Waals surface area (Å²) in [6.45, 7) is 0. The Morgan fingerprint density at radius 2 is 1.83 bits per heavy atom. The maximum atomic E-state index is 6.04. The van der Waals surface area contributed by atoms with E-state index in [4.69, 9.17) is 16.1 Å². The first-order chi connectivity index (χ1) is 14.3. The first-order valence-corrected chi connectivity index (χ1v) is 9.16. The second-order valence-corrected chi connectivity index (χ2v) is 6.68. The van der Waals surface area contributed by atoms with E-state index in [-0.39, 0.29) is 0 Å². The van der Waals surface area contributed by atoms with Crippen LogP contribution in [0.2, 0.25) is 5.02 Å². The Labute approximate surface area is 170 Å². The highest BCUT2D eigenvalue weighted by atomic mass is 35.5. The summed E-state index contributed by atoms with van der Waals surface area (Å²) >= 11 is 6.04. The molecule has 0 saturated carbocycles. The van der Waals surface area contributed by atoms with Gasteiger partial charge in [-0.25, -0.2) is 19.9 Å². The van der Waals surface area contributed by atoms with Crippen LogP contribution in [-0.4, -0.2) is 25.1 Å². The van der Waals surface area contributed by atoms with Crippen LogP contribution in [0.1, 0.15) is 0 Å². The van der Waals surface area contributed by atoms with E-state index in [1.165, 1.54) is 6.33 Å². The molecule has 2 aromatic carbocycles. The van der Waals surface area contributed by atoms with Gasteiger partial charge in [0.05, 0.1) is 11.1 Å². The number of halogens is 1. The topological polar surface area (TPSA) is 89.6 Å². The fraction of sp³-hybridized carbons (Fsp3) is 0. The third-order valence-corrected chi connectivity index (χ3v) is 4.56. The van der Waals surface area contributed by atoms with E-state index in [0.717, 1.165) is 27.8 Å². The number of hydrogen-bond acceptors (Lipinski definition) is 7. The number of nitrogens with one attached hydrogen (secondary N) is 1. The molecule has 0 radical (unpaired) electrons. The van der Waals surface area contributed by atoms with Crippen LogP contribution in [0, 0.1) is 0 Å². The van der Waals surface area contributed by atoms with Gasteiger partial charge in [0.15, 0.2) is 5.76 Å². The Hall–Kier alpha value is -3.84. The van der Waals surface area contributed by atoms with E-state index in [1.807, 2.05) is 48.5 Å². The van der Waals surface area contributed by atoms with Gasteiger partial charge in [-0.05, 0) is 42.5 Å². The van der Waals surface area contributed by atoms with Crippen LogP contribution in [0.4, 0.5) is 11.6 Å². The molecule has 1 N–H and O–H groups in total. The Bertz CT molecular complexity index is 1310. The summed E-state index contributed by atoms with van der Waals surface area (Å²) in [5.74, 6) is 1.07. The van der Waals surface area contributed by atoms with Gasteiger partial charge in [-0.3, -0.25) is 0 Å². The quantitative estimate of drug-likeness (QED) is 0.446. The van der Waals surface area contributed by atoms with E-state index in [2.05, 4.69) is 30.4 Å². The van der Waals surface area contributed by atoms with Crippen LogP contribution < -0.4 is 5.32 Å². The molecule has 0 unspecified atom stereocenters. The predicted octanol–water partition coefficient (Wildman–Crippen LogP) is 5.14. The molecule has 140 valence electrons. The van der Waals surface area contributed by atoms with E-state index >= 15 is 0 Å². The number of aromatic nitrogens is 5. The lowest BCUT2D eigenvalue weighted by atomic mass is 10.1. The number of benzene rings is 2. The molecule has 5 rings (SSSR count). The van der Waals surface area contributed by atoms with E-state index in [1.54, 1.807) is 18.5 Å². The van der Waals surface area contributed by atoms with Crippen LogP contribution in [0.5, 0.6) is 0 Å². The summed E-state index contributed by atoms with van der Waals surface area (Å²) in [6, 6.07) is 16.8. The van der Waals surface area contributed by atoms with Gasteiger partial charge in [0, 0.05) is 28.7 Å².